The summed E-state index contributed by atoms with van der Waals surface area (Å²) in [5, 5.41) is 3.49. The Morgan fingerprint density at radius 2 is 2.21 bits per heavy atom. The van der Waals surface area contributed by atoms with Gasteiger partial charge in [0.05, 0.1) is 0 Å². The number of hydrogen-bond acceptors (Lipinski definition) is 2. The van der Waals surface area contributed by atoms with Crippen LogP contribution in [0.15, 0.2) is 0 Å². The molecule has 82 valence electrons. The van der Waals surface area contributed by atoms with Crippen molar-refractivity contribution in [1.82, 2.24) is 10.2 Å². The fraction of sp³-hybridized carbons (Fsp3) is 1.00. The van der Waals surface area contributed by atoms with E-state index in [1.807, 2.05) is 0 Å². The lowest BCUT2D eigenvalue weighted by Gasteiger charge is -2.36. The van der Waals surface area contributed by atoms with Crippen molar-refractivity contribution in [3.8, 4) is 0 Å². The Morgan fingerprint density at radius 1 is 1.50 bits per heavy atom. The molecule has 1 saturated carbocycles. The highest BCUT2D eigenvalue weighted by molar-refractivity contribution is 4.98. The first-order valence-electron chi connectivity index (χ1n) is 5.74. The van der Waals surface area contributed by atoms with Crippen LogP contribution in [0, 0.1) is 5.92 Å². The molecule has 2 fully saturated rings. The van der Waals surface area contributed by atoms with Gasteiger partial charge in [-0.2, -0.15) is 0 Å². The van der Waals surface area contributed by atoms with Crippen molar-refractivity contribution in [3.63, 3.8) is 0 Å². The van der Waals surface area contributed by atoms with Crippen molar-refractivity contribution in [2.24, 2.45) is 5.92 Å². The first kappa shape index (κ1) is 10.4. The lowest BCUT2D eigenvalue weighted by molar-refractivity contribution is 0.126. The molecular weight excluding hydrogens is 179 g/mol. The molecule has 14 heavy (non-hydrogen) atoms. The van der Waals surface area contributed by atoms with Crippen molar-refractivity contribution in [2.75, 3.05) is 26.2 Å². The van der Waals surface area contributed by atoms with E-state index in [4.69, 9.17) is 0 Å². The largest absolute Gasteiger partial charge is 0.311 e. The van der Waals surface area contributed by atoms with Crippen molar-refractivity contribution in [1.29, 1.82) is 0 Å². The maximum absolute atomic E-state index is 13.6. The summed E-state index contributed by atoms with van der Waals surface area (Å²) in [4.78, 5) is 2.29. The van der Waals surface area contributed by atoms with Crippen LogP contribution in [0.1, 0.15) is 26.7 Å². The van der Waals surface area contributed by atoms with Gasteiger partial charge in [0.25, 0.3) is 0 Å². The first-order valence-corrected chi connectivity index (χ1v) is 5.74. The molecule has 1 aliphatic heterocycles. The fourth-order valence-corrected chi connectivity index (χ4v) is 2.13. The highest BCUT2D eigenvalue weighted by Crippen LogP contribution is 2.40. The van der Waals surface area contributed by atoms with Crippen LogP contribution < -0.4 is 5.32 Å². The van der Waals surface area contributed by atoms with Crippen LogP contribution in [0.25, 0.3) is 0 Å². The lowest BCUT2D eigenvalue weighted by Crippen LogP contribution is -2.54. The Bertz CT molecular complexity index is 201. The van der Waals surface area contributed by atoms with E-state index in [2.05, 4.69) is 24.1 Å². The molecule has 2 aliphatic rings. The number of halogens is 1. The monoisotopic (exact) mass is 200 g/mol. The minimum Gasteiger partial charge on any atom is -0.311 e. The SMILES string of the molecule is CC(C)[C@H]1CN(CC2(F)CC2)CCN1. The average Bonchev–Trinajstić information content (AvgIpc) is 2.83. The molecule has 0 aromatic rings. The highest BCUT2D eigenvalue weighted by Gasteiger charge is 2.44. The van der Waals surface area contributed by atoms with E-state index in [-0.39, 0.29) is 0 Å². The number of rotatable bonds is 3. The molecule has 0 bridgehead atoms. The quantitative estimate of drug-likeness (QED) is 0.741. The van der Waals surface area contributed by atoms with Crippen molar-refractivity contribution in [2.45, 2.75) is 38.4 Å². The van der Waals surface area contributed by atoms with Gasteiger partial charge >= 0.3 is 0 Å². The molecule has 0 spiro atoms. The molecule has 0 amide bonds. The number of nitrogens with one attached hydrogen (secondary N) is 1. The molecule has 0 aromatic heterocycles. The average molecular weight is 200 g/mol. The van der Waals surface area contributed by atoms with E-state index < -0.39 is 5.67 Å². The van der Waals surface area contributed by atoms with E-state index in [0.29, 0.717) is 18.5 Å². The maximum atomic E-state index is 13.6. The van der Waals surface area contributed by atoms with Crippen LogP contribution >= 0.6 is 0 Å². The van der Waals surface area contributed by atoms with Gasteiger partial charge in [0.15, 0.2) is 0 Å². The van der Waals surface area contributed by atoms with Gasteiger partial charge < -0.3 is 5.32 Å². The minimum atomic E-state index is -0.821. The third-order valence-electron chi connectivity index (χ3n) is 3.39. The molecule has 0 aromatic carbocycles. The van der Waals surface area contributed by atoms with Gasteiger partial charge in [-0.15, -0.1) is 0 Å². The zero-order valence-electron chi connectivity index (χ0n) is 9.22. The van der Waals surface area contributed by atoms with Gasteiger partial charge in [0.2, 0.25) is 0 Å². The summed E-state index contributed by atoms with van der Waals surface area (Å²) in [5.74, 6) is 0.646. The Balaban J connectivity index is 1.81. The van der Waals surface area contributed by atoms with Crippen LogP contribution in [0.3, 0.4) is 0 Å². The summed E-state index contributed by atoms with van der Waals surface area (Å²) in [6.45, 7) is 8.15. The van der Waals surface area contributed by atoms with Crippen LogP contribution in [0.5, 0.6) is 0 Å². The van der Waals surface area contributed by atoms with Crippen LogP contribution in [-0.2, 0) is 0 Å². The summed E-state index contributed by atoms with van der Waals surface area (Å²) in [7, 11) is 0. The van der Waals surface area contributed by atoms with Gasteiger partial charge in [-0.3, -0.25) is 4.90 Å². The third-order valence-corrected chi connectivity index (χ3v) is 3.39. The molecule has 0 radical (unpaired) electrons. The molecule has 2 rings (SSSR count). The third kappa shape index (κ3) is 2.45. The van der Waals surface area contributed by atoms with Crippen LogP contribution in [-0.4, -0.2) is 42.8 Å². The first-order chi connectivity index (χ1) is 6.59. The predicted molar refractivity (Wildman–Crippen MR) is 56.1 cm³/mol. The van der Waals surface area contributed by atoms with E-state index in [0.717, 1.165) is 32.5 Å². The highest BCUT2D eigenvalue weighted by atomic mass is 19.1. The molecule has 2 nitrogen and oxygen atoms in total. The summed E-state index contributed by atoms with van der Waals surface area (Å²) in [6.07, 6.45) is 1.56. The molecule has 3 heteroatoms. The Labute approximate surface area is 85.9 Å². The Hall–Kier alpha value is -0.150. The van der Waals surface area contributed by atoms with E-state index in [1.165, 1.54) is 0 Å². The Kier molecular flexibility index (Phi) is 2.80. The van der Waals surface area contributed by atoms with Gasteiger partial charge in [-0.05, 0) is 18.8 Å². The standard InChI is InChI=1S/C11H21FN2/c1-9(2)10-7-14(6-5-13-10)8-11(12)3-4-11/h9-10,13H,3-8H2,1-2H3/t10-/m1/s1. The van der Waals surface area contributed by atoms with E-state index in [1.54, 1.807) is 0 Å². The normalized spacial score (nSPS) is 32.1. The van der Waals surface area contributed by atoms with Gasteiger partial charge in [-0.25, -0.2) is 4.39 Å². The zero-order valence-corrected chi connectivity index (χ0v) is 9.22. The molecule has 0 unspecified atom stereocenters. The molecular formula is C11H21FN2. The van der Waals surface area contributed by atoms with E-state index in [9.17, 15) is 4.39 Å². The number of nitrogens with zero attached hydrogens (tertiary/aromatic N) is 1. The molecule has 1 saturated heterocycles. The minimum absolute atomic E-state index is 0.547. The summed E-state index contributed by atoms with van der Waals surface area (Å²) < 4.78 is 13.6. The van der Waals surface area contributed by atoms with Gasteiger partial charge in [0, 0.05) is 32.2 Å². The van der Waals surface area contributed by atoms with Gasteiger partial charge in [0.1, 0.15) is 5.67 Å². The number of hydrogen-bond donors (Lipinski definition) is 1. The topological polar surface area (TPSA) is 15.3 Å². The Morgan fingerprint density at radius 3 is 2.79 bits per heavy atom. The van der Waals surface area contributed by atoms with Crippen molar-refractivity contribution >= 4 is 0 Å². The van der Waals surface area contributed by atoms with Crippen molar-refractivity contribution < 1.29 is 4.39 Å². The lowest BCUT2D eigenvalue weighted by atomic mass is 10.0. The van der Waals surface area contributed by atoms with E-state index >= 15 is 0 Å². The van der Waals surface area contributed by atoms with Crippen LogP contribution in [0.2, 0.25) is 0 Å². The second kappa shape index (κ2) is 3.78. The zero-order chi connectivity index (χ0) is 10.2. The fourth-order valence-electron chi connectivity index (χ4n) is 2.13. The molecule has 1 N–H and O–H groups in total. The molecule has 1 atom stereocenters. The van der Waals surface area contributed by atoms with Crippen LogP contribution in [0.4, 0.5) is 4.39 Å². The number of piperazine rings is 1. The molecule has 1 aliphatic carbocycles. The summed E-state index contributed by atoms with van der Waals surface area (Å²) >= 11 is 0. The second-order valence-corrected chi connectivity index (χ2v) is 5.19. The summed E-state index contributed by atoms with van der Waals surface area (Å²) in [5.41, 5.74) is -0.821. The number of alkyl halides is 1. The summed E-state index contributed by atoms with van der Waals surface area (Å²) in [6, 6.07) is 0.547. The predicted octanol–water partition coefficient (Wildman–Crippen LogP) is 1.42. The molecule has 1 heterocycles. The smallest absolute Gasteiger partial charge is 0.123 e. The van der Waals surface area contributed by atoms with Gasteiger partial charge in [-0.1, -0.05) is 13.8 Å². The van der Waals surface area contributed by atoms with Crippen molar-refractivity contribution in [3.05, 3.63) is 0 Å². The maximum Gasteiger partial charge on any atom is 0.123 e. The second-order valence-electron chi connectivity index (χ2n) is 5.19.